The average Bonchev–Trinajstić information content (AvgIpc) is 3.23. The summed E-state index contributed by atoms with van der Waals surface area (Å²) in [6.07, 6.45) is 8.54. The van der Waals surface area contributed by atoms with Gasteiger partial charge in [-0.15, -0.1) is 0 Å². The zero-order chi connectivity index (χ0) is 21.2. The van der Waals surface area contributed by atoms with Crippen LogP contribution in [-0.2, 0) is 26.1 Å². The molecule has 0 saturated heterocycles. The second kappa shape index (κ2) is 8.79. The Morgan fingerprint density at radius 3 is 2.68 bits per heavy atom. The number of pyridine rings is 1. The zero-order valence-corrected chi connectivity index (χ0v) is 18.4. The maximum Gasteiger partial charge on any atom is 0.159 e. The van der Waals surface area contributed by atoms with Gasteiger partial charge in [-0.2, -0.15) is 0 Å². The van der Waals surface area contributed by atoms with E-state index in [1.165, 1.54) is 11.3 Å². The molecule has 4 heterocycles. The Hall–Kier alpha value is -2.73. The molecule has 156 valence electrons. The Kier molecular flexibility index (Phi) is 5.72. The van der Waals surface area contributed by atoms with Crippen LogP contribution >= 0.6 is 23.2 Å². The number of aromatic nitrogens is 4. The lowest BCUT2D eigenvalue weighted by atomic mass is 10.1. The zero-order valence-electron chi connectivity index (χ0n) is 16.9. The van der Waals surface area contributed by atoms with Crippen molar-refractivity contribution in [3.8, 4) is 11.4 Å². The van der Waals surface area contributed by atoms with Crippen LogP contribution in [0, 0.1) is 0 Å². The average molecular weight is 450 g/mol. The monoisotopic (exact) mass is 449 g/mol. The number of hydrogen-bond acceptors (Lipinski definition) is 4. The highest BCUT2D eigenvalue weighted by Gasteiger charge is 2.20. The molecule has 5 rings (SSSR count). The Balaban J connectivity index is 1.29. The summed E-state index contributed by atoms with van der Waals surface area (Å²) in [6, 6.07) is 14.0. The molecular formula is C24H21Cl2N5. The summed E-state index contributed by atoms with van der Waals surface area (Å²) < 4.78 is 2.26. The first-order valence-electron chi connectivity index (χ1n) is 10.2. The Labute approximate surface area is 191 Å². The predicted molar refractivity (Wildman–Crippen MR) is 123 cm³/mol. The van der Waals surface area contributed by atoms with Crippen LogP contribution in [0.4, 0.5) is 0 Å². The standard InChI is InChI=1S/C24H21Cl2N5/c25-21-4-3-17(12-22(21)26)14-31-10-1-2-20(31)16-30-11-7-23-19(15-30)13-28-24(29-23)18-5-8-27-9-6-18/h1-6,8-10,12-13H,7,11,14-16H2. The van der Waals surface area contributed by atoms with E-state index in [0.717, 1.165) is 55.2 Å². The number of rotatable bonds is 5. The largest absolute Gasteiger partial charge is 0.346 e. The lowest BCUT2D eigenvalue weighted by Crippen LogP contribution is -2.31. The minimum absolute atomic E-state index is 0.583. The fourth-order valence-corrected chi connectivity index (χ4v) is 4.28. The van der Waals surface area contributed by atoms with Crippen LogP contribution in [0.1, 0.15) is 22.5 Å². The van der Waals surface area contributed by atoms with E-state index in [1.807, 2.05) is 36.5 Å². The number of hydrogen-bond donors (Lipinski definition) is 0. The fourth-order valence-electron chi connectivity index (χ4n) is 3.96. The minimum atomic E-state index is 0.583. The molecule has 1 aliphatic heterocycles. The van der Waals surface area contributed by atoms with Crippen molar-refractivity contribution in [3.05, 3.63) is 99.8 Å². The summed E-state index contributed by atoms with van der Waals surface area (Å²) in [4.78, 5) is 15.9. The van der Waals surface area contributed by atoms with Gasteiger partial charge in [0.2, 0.25) is 0 Å². The van der Waals surface area contributed by atoms with E-state index in [4.69, 9.17) is 28.2 Å². The highest BCUT2D eigenvalue weighted by atomic mass is 35.5. The van der Waals surface area contributed by atoms with Crippen LogP contribution in [0.15, 0.2) is 67.3 Å². The van der Waals surface area contributed by atoms with E-state index >= 15 is 0 Å². The molecule has 0 N–H and O–H groups in total. The molecule has 5 nitrogen and oxygen atoms in total. The summed E-state index contributed by atoms with van der Waals surface area (Å²) in [5, 5.41) is 1.17. The van der Waals surface area contributed by atoms with Gasteiger partial charge >= 0.3 is 0 Å². The molecule has 3 aromatic heterocycles. The van der Waals surface area contributed by atoms with Crippen molar-refractivity contribution in [2.45, 2.75) is 26.1 Å². The fraction of sp³-hybridized carbons (Fsp3) is 0.208. The summed E-state index contributed by atoms with van der Waals surface area (Å²) in [6.45, 7) is 3.46. The van der Waals surface area contributed by atoms with Gasteiger partial charge in [0.25, 0.3) is 0 Å². The molecule has 0 amide bonds. The molecule has 0 spiro atoms. The Bertz CT molecular complexity index is 1210. The molecule has 31 heavy (non-hydrogen) atoms. The second-order valence-electron chi connectivity index (χ2n) is 7.74. The van der Waals surface area contributed by atoms with E-state index < -0.39 is 0 Å². The Morgan fingerprint density at radius 2 is 1.84 bits per heavy atom. The van der Waals surface area contributed by atoms with Gasteiger partial charge in [-0.25, -0.2) is 9.97 Å². The summed E-state index contributed by atoms with van der Waals surface area (Å²) in [7, 11) is 0. The molecule has 1 aromatic carbocycles. The van der Waals surface area contributed by atoms with E-state index in [9.17, 15) is 0 Å². The number of nitrogens with zero attached hydrogens (tertiary/aromatic N) is 5. The van der Waals surface area contributed by atoms with Crippen LogP contribution in [0.5, 0.6) is 0 Å². The molecular weight excluding hydrogens is 429 g/mol. The van der Waals surface area contributed by atoms with Gasteiger partial charge in [-0.3, -0.25) is 9.88 Å². The van der Waals surface area contributed by atoms with Crippen molar-refractivity contribution >= 4 is 23.2 Å². The first-order chi connectivity index (χ1) is 15.2. The molecule has 0 fully saturated rings. The maximum absolute atomic E-state index is 6.18. The van der Waals surface area contributed by atoms with Crippen LogP contribution in [0.3, 0.4) is 0 Å². The smallest absolute Gasteiger partial charge is 0.159 e. The first-order valence-corrected chi connectivity index (χ1v) is 11.0. The van der Waals surface area contributed by atoms with Gasteiger partial charge in [0.05, 0.1) is 15.7 Å². The van der Waals surface area contributed by atoms with Crippen molar-refractivity contribution in [2.75, 3.05) is 6.54 Å². The predicted octanol–water partition coefficient (Wildman–Crippen LogP) is 5.25. The number of halogens is 2. The van der Waals surface area contributed by atoms with Crippen molar-refractivity contribution in [1.29, 1.82) is 0 Å². The maximum atomic E-state index is 6.18. The molecule has 7 heteroatoms. The minimum Gasteiger partial charge on any atom is -0.346 e. The van der Waals surface area contributed by atoms with E-state index in [1.54, 1.807) is 12.4 Å². The molecule has 1 aliphatic rings. The third-order valence-electron chi connectivity index (χ3n) is 5.60. The van der Waals surface area contributed by atoms with Crippen molar-refractivity contribution in [2.24, 2.45) is 0 Å². The highest BCUT2D eigenvalue weighted by molar-refractivity contribution is 6.42. The summed E-state index contributed by atoms with van der Waals surface area (Å²) in [5.41, 5.74) is 5.74. The highest BCUT2D eigenvalue weighted by Crippen LogP contribution is 2.25. The first kappa shape index (κ1) is 20.2. The molecule has 0 saturated carbocycles. The van der Waals surface area contributed by atoms with Crippen molar-refractivity contribution in [3.63, 3.8) is 0 Å². The third kappa shape index (κ3) is 4.49. The molecule has 4 aromatic rings. The topological polar surface area (TPSA) is 46.8 Å². The van der Waals surface area contributed by atoms with Crippen molar-refractivity contribution < 1.29 is 0 Å². The normalized spacial score (nSPS) is 13.9. The second-order valence-corrected chi connectivity index (χ2v) is 8.55. The number of benzene rings is 1. The van der Waals surface area contributed by atoms with Gasteiger partial charge in [-0.05, 0) is 42.0 Å². The summed E-state index contributed by atoms with van der Waals surface area (Å²) in [5.74, 6) is 0.769. The van der Waals surface area contributed by atoms with Crippen LogP contribution in [0.2, 0.25) is 10.0 Å². The third-order valence-corrected chi connectivity index (χ3v) is 6.34. The molecule has 0 bridgehead atoms. The van der Waals surface area contributed by atoms with Crippen LogP contribution in [0.25, 0.3) is 11.4 Å². The van der Waals surface area contributed by atoms with E-state index in [0.29, 0.717) is 10.0 Å². The van der Waals surface area contributed by atoms with Gasteiger partial charge in [-0.1, -0.05) is 29.3 Å². The lowest BCUT2D eigenvalue weighted by molar-refractivity contribution is 0.237. The SMILES string of the molecule is Clc1ccc(Cn2cccc2CN2CCc3nc(-c4ccncc4)ncc3C2)cc1Cl. The molecule has 0 aliphatic carbocycles. The quantitative estimate of drug-likeness (QED) is 0.417. The van der Waals surface area contributed by atoms with Gasteiger partial charge in [0.1, 0.15) is 0 Å². The van der Waals surface area contributed by atoms with Gasteiger partial charge in [0.15, 0.2) is 5.82 Å². The van der Waals surface area contributed by atoms with Crippen molar-refractivity contribution in [1.82, 2.24) is 24.4 Å². The number of fused-ring (bicyclic) bond motifs is 1. The van der Waals surface area contributed by atoms with Crippen LogP contribution < -0.4 is 0 Å². The summed E-state index contributed by atoms with van der Waals surface area (Å²) >= 11 is 12.2. The molecule has 0 unspecified atom stereocenters. The van der Waals surface area contributed by atoms with Gasteiger partial charge in [0, 0.05) is 74.2 Å². The van der Waals surface area contributed by atoms with E-state index in [-0.39, 0.29) is 0 Å². The molecule has 0 radical (unpaired) electrons. The van der Waals surface area contributed by atoms with Crippen LogP contribution in [-0.4, -0.2) is 31.0 Å². The van der Waals surface area contributed by atoms with E-state index in [2.05, 4.69) is 37.8 Å². The Morgan fingerprint density at radius 1 is 0.968 bits per heavy atom. The molecule has 0 atom stereocenters. The lowest BCUT2D eigenvalue weighted by Gasteiger charge is -2.28. The van der Waals surface area contributed by atoms with Gasteiger partial charge < -0.3 is 4.57 Å².